The van der Waals surface area contributed by atoms with Crippen LogP contribution in [0, 0.1) is 6.92 Å². The molecule has 140 valence electrons. The summed E-state index contributed by atoms with van der Waals surface area (Å²) in [6.07, 6.45) is 8.91. The number of thiophene rings is 1. The smallest absolute Gasteiger partial charge is 0.240 e. The molecule has 27 heavy (non-hydrogen) atoms. The highest BCUT2D eigenvalue weighted by atomic mass is 32.1. The molecule has 6 heteroatoms. The zero-order chi connectivity index (χ0) is 19.1. The van der Waals surface area contributed by atoms with Crippen LogP contribution in [0.4, 0.5) is 0 Å². The van der Waals surface area contributed by atoms with Crippen LogP contribution in [0.15, 0.2) is 60.5 Å². The van der Waals surface area contributed by atoms with Crippen LogP contribution < -0.4 is 5.73 Å². The van der Waals surface area contributed by atoms with Gasteiger partial charge in [-0.15, -0.1) is 11.3 Å². The third kappa shape index (κ3) is 5.21. The number of hydrogen-bond acceptors (Lipinski definition) is 5. The minimum absolute atomic E-state index is 0.307. The number of rotatable bonds is 9. The molecule has 1 unspecified atom stereocenters. The Hall–Kier alpha value is -2.57. The lowest BCUT2D eigenvalue weighted by Gasteiger charge is -2.29. The molecule has 5 nitrogen and oxygen atoms in total. The minimum atomic E-state index is -0.418. The number of aromatic nitrogens is 2. The van der Waals surface area contributed by atoms with Crippen molar-refractivity contribution in [2.24, 2.45) is 5.73 Å². The number of nitrogens with two attached hydrogens (primary N) is 1. The maximum absolute atomic E-state index is 12.4. The number of carbonyl (C=O) groups is 1. The quantitative estimate of drug-likeness (QED) is 0.619. The number of primary amides is 1. The summed E-state index contributed by atoms with van der Waals surface area (Å²) in [6, 6.07) is 9.60. The predicted octanol–water partition coefficient (Wildman–Crippen LogP) is 3.16. The van der Waals surface area contributed by atoms with E-state index < -0.39 is 6.04 Å². The molecule has 1 atom stereocenters. The fourth-order valence-corrected chi connectivity index (χ4v) is 4.21. The standard InChI is InChI=1S/C21H24N4OS/c1-16-8-13-27-20(16)19(21(22)26)25(11-6-17-4-2-9-23-14-17)12-7-18-5-3-10-24-15-18/h2-5,8-10,13-15,19H,6-7,11-12H2,1H3,(H2,22,26). The third-order valence-corrected chi connectivity index (χ3v) is 5.68. The number of carbonyl (C=O) groups excluding carboxylic acids is 1. The first-order chi connectivity index (χ1) is 13.1. The predicted molar refractivity (Wildman–Crippen MR) is 108 cm³/mol. The van der Waals surface area contributed by atoms with Crippen LogP contribution in [0.2, 0.25) is 0 Å². The maximum Gasteiger partial charge on any atom is 0.240 e. The summed E-state index contributed by atoms with van der Waals surface area (Å²) in [5.74, 6) is -0.307. The first-order valence-corrected chi connectivity index (χ1v) is 9.88. The molecule has 3 aromatic rings. The number of pyridine rings is 2. The fourth-order valence-electron chi connectivity index (χ4n) is 3.15. The van der Waals surface area contributed by atoms with Crippen molar-refractivity contribution in [2.45, 2.75) is 25.8 Å². The lowest BCUT2D eigenvalue weighted by atomic mass is 10.1. The van der Waals surface area contributed by atoms with E-state index in [0.29, 0.717) is 0 Å². The lowest BCUT2D eigenvalue weighted by Crippen LogP contribution is -2.40. The summed E-state index contributed by atoms with van der Waals surface area (Å²) in [5.41, 5.74) is 9.24. The molecule has 3 aromatic heterocycles. The molecule has 0 aliphatic heterocycles. The van der Waals surface area contributed by atoms with Gasteiger partial charge >= 0.3 is 0 Å². The van der Waals surface area contributed by atoms with Gasteiger partial charge < -0.3 is 5.73 Å². The Bertz CT molecular complexity index is 807. The molecular weight excluding hydrogens is 356 g/mol. The number of hydrogen-bond donors (Lipinski definition) is 1. The van der Waals surface area contributed by atoms with Crippen molar-refractivity contribution in [3.05, 3.63) is 82.1 Å². The van der Waals surface area contributed by atoms with E-state index in [9.17, 15) is 4.79 Å². The van der Waals surface area contributed by atoms with Crippen molar-refractivity contribution >= 4 is 17.2 Å². The average molecular weight is 381 g/mol. The number of amides is 1. The van der Waals surface area contributed by atoms with Gasteiger partial charge in [-0.3, -0.25) is 19.7 Å². The Kier molecular flexibility index (Phi) is 6.68. The summed E-state index contributed by atoms with van der Waals surface area (Å²) in [5, 5.41) is 2.01. The molecule has 0 aliphatic carbocycles. The Balaban J connectivity index is 1.80. The van der Waals surface area contributed by atoms with E-state index in [1.54, 1.807) is 23.7 Å². The highest BCUT2D eigenvalue weighted by molar-refractivity contribution is 7.10. The SMILES string of the molecule is Cc1ccsc1C(C(N)=O)N(CCc1cccnc1)CCc1cccnc1. The molecule has 0 radical (unpaired) electrons. The lowest BCUT2D eigenvalue weighted by molar-refractivity contribution is -0.123. The van der Waals surface area contributed by atoms with Crippen molar-refractivity contribution in [1.29, 1.82) is 0 Å². The van der Waals surface area contributed by atoms with Gasteiger partial charge in [0.05, 0.1) is 0 Å². The van der Waals surface area contributed by atoms with Gasteiger partial charge in [-0.2, -0.15) is 0 Å². The normalized spacial score (nSPS) is 12.2. The van der Waals surface area contributed by atoms with E-state index in [0.717, 1.165) is 47.5 Å². The summed E-state index contributed by atoms with van der Waals surface area (Å²) in [7, 11) is 0. The second-order valence-corrected chi connectivity index (χ2v) is 7.48. The van der Waals surface area contributed by atoms with E-state index in [2.05, 4.69) is 27.0 Å². The summed E-state index contributed by atoms with van der Waals surface area (Å²) in [6.45, 7) is 3.50. The van der Waals surface area contributed by atoms with E-state index in [1.807, 2.05) is 42.9 Å². The summed E-state index contributed by atoms with van der Waals surface area (Å²) in [4.78, 5) is 24.0. The zero-order valence-electron chi connectivity index (χ0n) is 15.4. The van der Waals surface area contributed by atoms with Gasteiger partial charge in [0.15, 0.2) is 0 Å². The molecule has 0 aliphatic rings. The molecule has 3 heterocycles. The van der Waals surface area contributed by atoms with Crippen molar-refractivity contribution in [1.82, 2.24) is 14.9 Å². The summed E-state index contributed by atoms with van der Waals surface area (Å²) < 4.78 is 0. The van der Waals surface area contributed by atoms with Crippen molar-refractivity contribution in [2.75, 3.05) is 13.1 Å². The van der Waals surface area contributed by atoms with Crippen molar-refractivity contribution in [3.63, 3.8) is 0 Å². The van der Waals surface area contributed by atoms with E-state index in [4.69, 9.17) is 5.73 Å². The van der Waals surface area contributed by atoms with Gasteiger partial charge in [0.25, 0.3) is 0 Å². The van der Waals surface area contributed by atoms with Crippen LogP contribution in [0.3, 0.4) is 0 Å². The van der Waals surface area contributed by atoms with Gasteiger partial charge in [-0.25, -0.2) is 0 Å². The van der Waals surface area contributed by atoms with Crippen LogP contribution in [0.25, 0.3) is 0 Å². The minimum Gasteiger partial charge on any atom is -0.368 e. The van der Waals surface area contributed by atoms with E-state index in [-0.39, 0.29) is 5.91 Å². The topological polar surface area (TPSA) is 72.1 Å². The molecule has 0 spiro atoms. The highest BCUT2D eigenvalue weighted by Gasteiger charge is 2.27. The van der Waals surface area contributed by atoms with Crippen LogP contribution in [0.1, 0.15) is 27.6 Å². The van der Waals surface area contributed by atoms with Crippen LogP contribution in [-0.2, 0) is 17.6 Å². The van der Waals surface area contributed by atoms with E-state index in [1.165, 1.54) is 0 Å². The largest absolute Gasteiger partial charge is 0.368 e. The van der Waals surface area contributed by atoms with Crippen LogP contribution in [0.5, 0.6) is 0 Å². The molecule has 0 saturated heterocycles. The second kappa shape index (κ2) is 9.39. The fraction of sp³-hybridized carbons (Fsp3) is 0.286. The second-order valence-electron chi connectivity index (χ2n) is 6.53. The molecular formula is C21H24N4OS. The van der Waals surface area contributed by atoms with Gasteiger partial charge in [0.1, 0.15) is 6.04 Å². The van der Waals surface area contributed by atoms with Crippen LogP contribution >= 0.6 is 11.3 Å². The summed E-state index contributed by atoms with van der Waals surface area (Å²) >= 11 is 1.59. The van der Waals surface area contributed by atoms with Gasteiger partial charge in [-0.1, -0.05) is 12.1 Å². The first-order valence-electron chi connectivity index (χ1n) is 9.00. The Morgan fingerprint density at radius 3 is 2.07 bits per heavy atom. The Morgan fingerprint density at radius 2 is 1.67 bits per heavy atom. The number of aryl methyl sites for hydroxylation is 1. The van der Waals surface area contributed by atoms with E-state index >= 15 is 0 Å². The van der Waals surface area contributed by atoms with Crippen molar-refractivity contribution in [3.8, 4) is 0 Å². The van der Waals surface area contributed by atoms with Crippen molar-refractivity contribution < 1.29 is 4.79 Å². The van der Waals surface area contributed by atoms with Gasteiger partial charge in [0.2, 0.25) is 5.91 Å². The number of nitrogens with zero attached hydrogens (tertiary/aromatic N) is 3. The molecule has 3 rings (SSSR count). The molecule has 0 bridgehead atoms. The molecule has 2 N–H and O–H groups in total. The Labute approximate surface area is 163 Å². The zero-order valence-corrected chi connectivity index (χ0v) is 16.2. The monoisotopic (exact) mass is 380 g/mol. The third-order valence-electron chi connectivity index (χ3n) is 4.61. The maximum atomic E-state index is 12.4. The molecule has 1 amide bonds. The highest BCUT2D eigenvalue weighted by Crippen LogP contribution is 2.29. The molecule has 0 saturated carbocycles. The first kappa shape index (κ1) is 19.2. The molecule has 0 aromatic carbocycles. The Morgan fingerprint density at radius 1 is 1.07 bits per heavy atom. The molecule has 0 fully saturated rings. The average Bonchev–Trinajstić information content (AvgIpc) is 3.10. The van der Waals surface area contributed by atoms with Gasteiger partial charge in [-0.05, 0) is 60.0 Å². The van der Waals surface area contributed by atoms with Crippen LogP contribution in [-0.4, -0.2) is 33.9 Å². The van der Waals surface area contributed by atoms with Gasteiger partial charge in [0, 0.05) is 42.8 Å².